The molecule has 0 N–H and O–H groups in total. The summed E-state index contributed by atoms with van der Waals surface area (Å²) in [5.41, 5.74) is 4.13. The van der Waals surface area contributed by atoms with Crippen molar-refractivity contribution >= 4 is 0 Å². The van der Waals surface area contributed by atoms with Gasteiger partial charge in [0.1, 0.15) is 0 Å². The van der Waals surface area contributed by atoms with Crippen molar-refractivity contribution < 1.29 is 4.74 Å². The number of rotatable bonds is 2. The van der Waals surface area contributed by atoms with E-state index in [2.05, 4.69) is 45.9 Å². The lowest BCUT2D eigenvalue weighted by Gasteiger charge is -2.56. The summed E-state index contributed by atoms with van der Waals surface area (Å²) in [6.45, 7) is 14.4. The van der Waals surface area contributed by atoms with Gasteiger partial charge in [0, 0.05) is 6.42 Å². The van der Waals surface area contributed by atoms with E-state index >= 15 is 0 Å². The average molecular weight is 343 g/mol. The molecular weight excluding hydrogens is 304 g/mol. The van der Waals surface area contributed by atoms with E-state index in [0.29, 0.717) is 10.8 Å². The normalized spacial score (nSPS) is 41.8. The molecule has 1 heteroatoms. The Morgan fingerprint density at radius 3 is 2.52 bits per heavy atom. The smallest absolute Gasteiger partial charge is 0.0962 e. The highest BCUT2D eigenvalue weighted by Crippen LogP contribution is 2.64. The van der Waals surface area contributed by atoms with Gasteiger partial charge < -0.3 is 4.74 Å². The Kier molecular flexibility index (Phi) is 5.24. The lowest BCUT2D eigenvalue weighted by Crippen LogP contribution is -2.48. The molecule has 0 aromatic heterocycles. The summed E-state index contributed by atoms with van der Waals surface area (Å²) in [5, 5.41) is 0. The minimum absolute atomic E-state index is 0.390. The maximum atomic E-state index is 5.82. The molecular formula is C24H38O. The molecule has 0 aliphatic heterocycles. The van der Waals surface area contributed by atoms with Crippen LogP contribution in [-0.2, 0) is 4.74 Å². The third kappa shape index (κ3) is 2.82. The fourth-order valence-electron chi connectivity index (χ4n) is 6.38. The second-order valence-corrected chi connectivity index (χ2v) is 8.81. The monoisotopic (exact) mass is 342 g/mol. The van der Waals surface area contributed by atoms with Crippen LogP contribution in [0.3, 0.4) is 0 Å². The molecule has 4 rings (SSSR count). The van der Waals surface area contributed by atoms with Crippen LogP contribution in [0.4, 0.5) is 0 Å². The zero-order chi connectivity index (χ0) is 18.2. The van der Waals surface area contributed by atoms with Crippen LogP contribution in [0.5, 0.6) is 0 Å². The molecule has 0 saturated heterocycles. The zero-order valence-corrected chi connectivity index (χ0v) is 17.3. The minimum Gasteiger partial charge on any atom is -0.498 e. The third-order valence-electron chi connectivity index (χ3n) is 8.03. The molecule has 0 heterocycles. The summed E-state index contributed by atoms with van der Waals surface area (Å²) < 4.78 is 5.82. The molecule has 0 bridgehead atoms. The molecule has 1 saturated carbocycles. The second-order valence-electron chi connectivity index (χ2n) is 8.81. The van der Waals surface area contributed by atoms with E-state index in [9.17, 15) is 0 Å². The van der Waals surface area contributed by atoms with Gasteiger partial charge in [-0.25, -0.2) is 0 Å². The zero-order valence-electron chi connectivity index (χ0n) is 17.3. The van der Waals surface area contributed by atoms with Crippen LogP contribution >= 0.6 is 0 Å². The fraction of sp³-hybridized carbons (Fsp3) is 0.750. The summed E-state index contributed by atoms with van der Waals surface area (Å²) in [6.07, 6.45) is 15.3. The molecule has 4 aliphatic carbocycles. The first-order valence-corrected chi connectivity index (χ1v) is 10.7. The van der Waals surface area contributed by atoms with E-state index < -0.39 is 0 Å². The van der Waals surface area contributed by atoms with Gasteiger partial charge in [0.2, 0.25) is 0 Å². The molecule has 0 radical (unpaired) electrons. The summed E-state index contributed by atoms with van der Waals surface area (Å²) in [5.74, 6) is 3.86. The first-order chi connectivity index (χ1) is 12.0. The van der Waals surface area contributed by atoms with Crippen LogP contribution < -0.4 is 0 Å². The third-order valence-corrected chi connectivity index (χ3v) is 8.03. The van der Waals surface area contributed by atoms with Gasteiger partial charge in [-0.15, -0.1) is 0 Å². The Balaban J connectivity index is 0.000000880. The summed E-state index contributed by atoms with van der Waals surface area (Å²) in [6, 6.07) is 0. The standard InChI is InChI=1S/C22H32O.C2H6/c1-5-23-17-10-12-22(4)16(14-17)7-8-18-19-9-6-15(2)21(19,3)13-11-20(18)22;1-2/h6-7,14,18-20H,5,8-13H2,1-4H3;1-2H3/t18-,19-,20-,21+,22-;/m0./s1. The van der Waals surface area contributed by atoms with Gasteiger partial charge in [-0.2, -0.15) is 0 Å². The van der Waals surface area contributed by atoms with Crippen LogP contribution in [0, 0.1) is 28.6 Å². The molecule has 1 nitrogen and oxygen atoms in total. The lowest BCUT2D eigenvalue weighted by atomic mass is 9.48. The minimum atomic E-state index is 0.390. The van der Waals surface area contributed by atoms with E-state index in [1.807, 2.05) is 13.8 Å². The maximum absolute atomic E-state index is 5.82. The number of hydrogen-bond acceptors (Lipinski definition) is 1. The van der Waals surface area contributed by atoms with Gasteiger partial charge >= 0.3 is 0 Å². The second kappa shape index (κ2) is 6.97. The van der Waals surface area contributed by atoms with E-state index in [0.717, 1.165) is 30.8 Å². The van der Waals surface area contributed by atoms with Crippen molar-refractivity contribution in [3.63, 3.8) is 0 Å². The van der Waals surface area contributed by atoms with Gasteiger partial charge in [0.05, 0.1) is 12.4 Å². The van der Waals surface area contributed by atoms with Crippen molar-refractivity contribution in [3.05, 3.63) is 35.1 Å². The van der Waals surface area contributed by atoms with Gasteiger partial charge in [-0.1, -0.05) is 45.4 Å². The Labute approximate surface area is 155 Å². The molecule has 25 heavy (non-hydrogen) atoms. The van der Waals surface area contributed by atoms with Crippen molar-refractivity contribution in [2.45, 2.75) is 80.1 Å². The number of fused-ring (bicyclic) bond motifs is 5. The van der Waals surface area contributed by atoms with Crippen LogP contribution in [0.2, 0.25) is 0 Å². The molecule has 0 aromatic rings. The lowest BCUT2D eigenvalue weighted by molar-refractivity contribution is -0.0120. The summed E-state index contributed by atoms with van der Waals surface area (Å²) in [7, 11) is 0. The average Bonchev–Trinajstić information content (AvgIpc) is 2.92. The van der Waals surface area contributed by atoms with Gasteiger partial charge in [0.15, 0.2) is 0 Å². The molecule has 1 fully saturated rings. The quantitative estimate of drug-likeness (QED) is 0.488. The number of allylic oxidation sites excluding steroid dienone is 6. The molecule has 0 amide bonds. The van der Waals surface area contributed by atoms with Crippen molar-refractivity contribution in [2.24, 2.45) is 28.6 Å². The van der Waals surface area contributed by atoms with Gasteiger partial charge in [-0.3, -0.25) is 0 Å². The molecule has 0 aromatic carbocycles. The highest BCUT2D eigenvalue weighted by Gasteiger charge is 2.55. The first kappa shape index (κ1) is 18.8. The fourth-order valence-corrected chi connectivity index (χ4v) is 6.38. The van der Waals surface area contributed by atoms with Crippen LogP contribution in [0.15, 0.2) is 35.1 Å². The Hall–Kier alpha value is -0.980. The largest absolute Gasteiger partial charge is 0.498 e. The Bertz CT molecular complexity index is 595. The Morgan fingerprint density at radius 2 is 1.80 bits per heavy atom. The van der Waals surface area contributed by atoms with Crippen molar-refractivity contribution in [3.8, 4) is 0 Å². The molecule has 0 unspecified atom stereocenters. The predicted molar refractivity (Wildman–Crippen MR) is 107 cm³/mol. The Morgan fingerprint density at radius 1 is 1.04 bits per heavy atom. The topological polar surface area (TPSA) is 9.23 Å². The van der Waals surface area contributed by atoms with E-state index in [-0.39, 0.29) is 0 Å². The highest BCUT2D eigenvalue weighted by molar-refractivity contribution is 5.36. The van der Waals surface area contributed by atoms with Crippen LogP contribution in [0.1, 0.15) is 80.1 Å². The first-order valence-electron chi connectivity index (χ1n) is 10.7. The predicted octanol–water partition coefficient (Wildman–Crippen LogP) is 7.06. The summed E-state index contributed by atoms with van der Waals surface area (Å²) in [4.78, 5) is 0. The van der Waals surface area contributed by atoms with Gasteiger partial charge in [0.25, 0.3) is 0 Å². The number of ether oxygens (including phenoxy) is 1. The van der Waals surface area contributed by atoms with Crippen LogP contribution in [0.25, 0.3) is 0 Å². The van der Waals surface area contributed by atoms with Gasteiger partial charge in [-0.05, 0) is 86.2 Å². The van der Waals surface area contributed by atoms with Crippen LogP contribution in [-0.4, -0.2) is 6.61 Å². The number of hydrogen-bond donors (Lipinski definition) is 0. The van der Waals surface area contributed by atoms with Crippen molar-refractivity contribution in [2.75, 3.05) is 6.61 Å². The van der Waals surface area contributed by atoms with E-state index in [1.165, 1.54) is 37.9 Å². The summed E-state index contributed by atoms with van der Waals surface area (Å²) >= 11 is 0. The molecule has 4 aliphatic rings. The SMILES string of the molecule is CC.CCOC1=CC2=CC[C@@H]3[C@H](CC[C@]4(C)C(C)=CC[C@@H]34)[C@@]2(C)CC1. The molecule has 0 spiro atoms. The maximum Gasteiger partial charge on any atom is 0.0962 e. The van der Waals surface area contributed by atoms with E-state index in [4.69, 9.17) is 4.74 Å². The van der Waals surface area contributed by atoms with E-state index in [1.54, 1.807) is 11.1 Å². The highest BCUT2D eigenvalue weighted by atomic mass is 16.5. The molecule has 5 atom stereocenters. The van der Waals surface area contributed by atoms with Crippen molar-refractivity contribution in [1.29, 1.82) is 0 Å². The van der Waals surface area contributed by atoms with Crippen molar-refractivity contribution in [1.82, 2.24) is 0 Å². The molecule has 140 valence electrons.